The highest BCUT2D eigenvalue weighted by Gasteiger charge is 2.00. The van der Waals surface area contributed by atoms with Gasteiger partial charge in [0.05, 0.1) is 6.61 Å². The predicted molar refractivity (Wildman–Crippen MR) is 57.3 cm³/mol. The maximum absolute atomic E-state index is 10.7. The van der Waals surface area contributed by atoms with E-state index in [9.17, 15) is 9.59 Å². The van der Waals surface area contributed by atoms with E-state index in [1.165, 1.54) is 0 Å². The largest absolute Gasteiger partial charge is 0.478 e. The van der Waals surface area contributed by atoms with Crippen LogP contribution in [0.4, 0.5) is 0 Å². The van der Waals surface area contributed by atoms with Gasteiger partial charge in [0.25, 0.3) is 0 Å². The molecule has 0 aromatic carbocycles. The average molecular weight is 215 g/mol. The number of hydrogen-bond acceptors (Lipinski definition) is 4. The Morgan fingerprint density at radius 3 is 2.27 bits per heavy atom. The van der Waals surface area contributed by atoms with E-state index in [-0.39, 0.29) is 5.97 Å². The lowest BCUT2D eigenvalue weighted by molar-refractivity contribution is -0.139. The Labute approximate surface area is 89.2 Å². The molecule has 3 N–H and O–H groups in total. The maximum Gasteiger partial charge on any atom is 0.333 e. The molecule has 0 aliphatic carbocycles. The predicted octanol–water partition coefficient (Wildman–Crippen LogP) is 0.712. The molecule has 86 valence electrons. The van der Waals surface area contributed by atoms with Crippen molar-refractivity contribution in [1.29, 1.82) is 0 Å². The van der Waals surface area contributed by atoms with E-state index >= 15 is 0 Å². The van der Waals surface area contributed by atoms with E-state index < -0.39 is 5.97 Å². The molecule has 0 aromatic heterocycles. The summed E-state index contributed by atoms with van der Waals surface area (Å²) in [5, 5.41) is 7.60. The van der Waals surface area contributed by atoms with E-state index in [2.05, 4.69) is 13.2 Å². The Morgan fingerprint density at radius 1 is 1.53 bits per heavy atom. The Hall–Kier alpha value is -1.62. The Kier molecular flexibility index (Phi) is 11.0. The van der Waals surface area contributed by atoms with Gasteiger partial charge in [0.1, 0.15) is 0 Å². The van der Waals surface area contributed by atoms with E-state index in [4.69, 9.17) is 15.6 Å². The molecule has 5 heteroatoms. The lowest BCUT2D eigenvalue weighted by Crippen LogP contribution is -2.09. The van der Waals surface area contributed by atoms with Crippen LogP contribution in [0.5, 0.6) is 0 Å². The normalized spacial score (nSPS) is 8.13. The van der Waals surface area contributed by atoms with E-state index in [0.717, 1.165) is 6.08 Å². The Bertz CT molecular complexity index is 236. The van der Waals surface area contributed by atoms with Crippen molar-refractivity contribution in [3.05, 3.63) is 24.8 Å². The van der Waals surface area contributed by atoms with Gasteiger partial charge in [0.15, 0.2) is 0 Å². The molecule has 0 heterocycles. The number of aliphatic carboxylic acids is 1. The molecule has 0 saturated carbocycles. The zero-order chi connectivity index (χ0) is 12.3. The summed E-state index contributed by atoms with van der Waals surface area (Å²) in [6, 6.07) is 0. The van der Waals surface area contributed by atoms with Gasteiger partial charge < -0.3 is 15.6 Å². The molecule has 0 aliphatic rings. The van der Waals surface area contributed by atoms with Gasteiger partial charge in [0.2, 0.25) is 0 Å². The van der Waals surface area contributed by atoms with Crippen molar-refractivity contribution in [1.82, 2.24) is 0 Å². The van der Waals surface area contributed by atoms with Crippen molar-refractivity contribution < 1.29 is 19.4 Å². The lowest BCUT2D eigenvalue weighted by atomic mass is 10.4. The zero-order valence-electron chi connectivity index (χ0n) is 8.86. The number of esters is 1. The second kappa shape index (κ2) is 10.5. The fourth-order valence-corrected chi connectivity index (χ4v) is 0.371. The zero-order valence-corrected chi connectivity index (χ0v) is 8.86. The molecule has 0 amide bonds. The highest BCUT2D eigenvalue weighted by Crippen LogP contribution is 1.91. The standard InChI is InChI=1S/C7H13NO2.C3H4O2/c1-6(2)7(9)10-5-3-4-8;1-2-3(4)5/h1,3-5,8H2,2H3;2H,1H2,(H,4,5). The quantitative estimate of drug-likeness (QED) is 0.400. The van der Waals surface area contributed by atoms with Crippen LogP contribution >= 0.6 is 0 Å². The molecule has 0 fully saturated rings. The number of nitrogens with two attached hydrogens (primary N) is 1. The third-order valence-electron chi connectivity index (χ3n) is 1.10. The number of hydrogen-bond donors (Lipinski definition) is 2. The van der Waals surface area contributed by atoms with Crippen molar-refractivity contribution >= 4 is 11.9 Å². The fourth-order valence-electron chi connectivity index (χ4n) is 0.371. The maximum atomic E-state index is 10.7. The second-order valence-electron chi connectivity index (χ2n) is 2.60. The number of ether oxygens (including phenoxy) is 1. The summed E-state index contributed by atoms with van der Waals surface area (Å²) in [5.74, 6) is -1.32. The summed E-state index contributed by atoms with van der Waals surface area (Å²) >= 11 is 0. The van der Waals surface area contributed by atoms with Gasteiger partial charge in [-0.05, 0) is 19.9 Å². The third kappa shape index (κ3) is 15.2. The topological polar surface area (TPSA) is 89.6 Å². The first-order valence-corrected chi connectivity index (χ1v) is 4.33. The van der Waals surface area contributed by atoms with Crippen molar-refractivity contribution in [3.63, 3.8) is 0 Å². The van der Waals surface area contributed by atoms with Crippen LogP contribution in [0.15, 0.2) is 24.8 Å². The summed E-state index contributed by atoms with van der Waals surface area (Å²) in [6.07, 6.45) is 1.54. The average Bonchev–Trinajstić information content (AvgIpc) is 2.18. The Morgan fingerprint density at radius 2 is 2.00 bits per heavy atom. The van der Waals surface area contributed by atoms with Crippen molar-refractivity contribution in [2.24, 2.45) is 5.73 Å². The van der Waals surface area contributed by atoms with Crippen LogP contribution in [0, 0.1) is 0 Å². The molecular weight excluding hydrogens is 198 g/mol. The van der Waals surface area contributed by atoms with Crippen LogP contribution in [0.25, 0.3) is 0 Å². The van der Waals surface area contributed by atoms with Crippen LogP contribution in [0.3, 0.4) is 0 Å². The van der Waals surface area contributed by atoms with Crippen molar-refractivity contribution in [3.8, 4) is 0 Å². The molecule has 0 aliphatic heterocycles. The summed E-state index contributed by atoms with van der Waals surface area (Å²) in [6.45, 7) is 8.94. The van der Waals surface area contributed by atoms with E-state index in [1.807, 2.05) is 0 Å². The fraction of sp³-hybridized carbons (Fsp3) is 0.400. The number of carboxylic acids is 1. The molecule has 0 rings (SSSR count). The molecule has 0 bridgehead atoms. The van der Waals surface area contributed by atoms with E-state index in [1.54, 1.807) is 6.92 Å². The molecule has 0 spiro atoms. The number of carbonyl (C=O) groups is 2. The number of carbonyl (C=O) groups excluding carboxylic acids is 1. The van der Waals surface area contributed by atoms with Gasteiger partial charge in [-0.2, -0.15) is 0 Å². The van der Waals surface area contributed by atoms with Crippen LogP contribution in [0.2, 0.25) is 0 Å². The minimum Gasteiger partial charge on any atom is -0.478 e. The molecule has 0 saturated heterocycles. The second-order valence-corrected chi connectivity index (χ2v) is 2.60. The van der Waals surface area contributed by atoms with Gasteiger partial charge in [-0.1, -0.05) is 13.2 Å². The first kappa shape index (κ1) is 15.8. The van der Waals surface area contributed by atoms with Gasteiger partial charge in [-0.25, -0.2) is 9.59 Å². The minimum atomic E-state index is -0.981. The first-order valence-electron chi connectivity index (χ1n) is 4.33. The van der Waals surface area contributed by atoms with E-state index in [0.29, 0.717) is 25.1 Å². The van der Waals surface area contributed by atoms with Crippen molar-refractivity contribution in [2.75, 3.05) is 13.2 Å². The highest BCUT2D eigenvalue weighted by atomic mass is 16.5. The molecule has 0 unspecified atom stereocenters. The lowest BCUT2D eigenvalue weighted by Gasteiger charge is -2.01. The van der Waals surface area contributed by atoms with Crippen LogP contribution in [0.1, 0.15) is 13.3 Å². The van der Waals surface area contributed by atoms with Gasteiger partial charge in [0, 0.05) is 11.6 Å². The van der Waals surface area contributed by atoms with Crippen LogP contribution < -0.4 is 5.73 Å². The monoisotopic (exact) mass is 215 g/mol. The molecule has 0 radical (unpaired) electrons. The molecule has 0 atom stereocenters. The smallest absolute Gasteiger partial charge is 0.333 e. The van der Waals surface area contributed by atoms with Crippen LogP contribution in [-0.4, -0.2) is 30.2 Å². The molecule has 15 heavy (non-hydrogen) atoms. The van der Waals surface area contributed by atoms with Gasteiger partial charge in [-0.15, -0.1) is 0 Å². The Balaban J connectivity index is 0. The van der Waals surface area contributed by atoms with Gasteiger partial charge in [-0.3, -0.25) is 0 Å². The molecular formula is C10H17NO4. The van der Waals surface area contributed by atoms with Crippen molar-refractivity contribution in [2.45, 2.75) is 13.3 Å². The molecule has 0 aromatic rings. The summed E-state index contributed by atoms with van der Waals surface area (Å²) < 4.78 is 4.73. The summed E-state index contributed by atoms with van der Waals surface area (Å²) in [4.78, 5) is 19.9. The number of carboxylic acid groups (broad SMARTS) is 1. The summed E-state index contributed by atoms with van der Waals surface area (Å²) in [7, 11) is 0. The van der Waals surface area contributed by atoms with Gasteiger partial charge >= 0.3 is 11.9 Å². The SMILES string of the molecule is C=C(C)C(=O)OCCCN.C=CC(=O)O. The number of rotatable bonds is 5. The summed E-state index contributed by atoms with van der Waals surface area (Å²) in [5.41, 5.74) is 5.60. The van der Waals surface area contributed by atoms with Crippen LogP contribution in [-0.2, 0) is 14.3 Å². The third-order valence-corrected chi connectivity index (χ3v) is 1.10. The molecule has 5 nitrogen and oxygen atoms in total. The minimum absolute atomic E-state index is 0.339. The first-order chi connectivity index (χ1) is 6.95. The highest BCUT2D eigenvalue weighted by molar-refractivity contribution is 5.86.